The summed E-state index contributed by atoms with van der Waals surface area (Å²) in [4.78, 5) is 12.5. The van der Waals surface area contributed by atoms with Crippen LogP contribution in [-0.4, -0.2) is 37.7 Å². The summed E-state index contributed by atoms with van der Waals surface area (Å²) in [5.41, 5.74) is 4.83. The molecule has 3 aromatic heterocycles. The molecule has 0 unspecified atom stereocenters. The molecule has 1 fully saturated rings. The van der Waals surface area contributed by atoms with Crippen LogP contribution in [0.15, 0.2) is 54.7 Å². The molecule has 2 N–H and O–H groups in total. The van der Waals surface area contributed by atoms with Crippen LogP contribution in [0.5, 0.6) is 5.75 Å². The maximum atomic E-state index is 15.1. The average molecular weight is 457 g/mol. The fourth-order valence-corrected chi connectivity index (χ4v) is 4.58. The third-order valence-corrected chi connectivity index (χ3v) is 6.33. The van der Waals surface area contributed by atoms with Crippen molar-refractivity contribution in [2.24, 2.45) is 0 Å². The van der Waals surface area contributed by atoms with Crippen LogP contribution in [0.1, 0.15) is 35.8 Å². The Morgan fingerprint density at radius 1 is 1.09 bits per heavy atom. The van der Waals surface area contributed by atoms with Crippen LogP contribution in [0.4, 0.5) is 4.39 Å². The van der Waals surface area contributed by atoms with Crippen LogP contribution in [0, 0.1) is 12.7 Å². The Hall–Kier alpha value is -3.78. The zero-order valence-electron chi connectivity index (χ0n) is 18.9. The number of rotatable bonds is 5. The normalized spacial score (nSPS) is 14.8. The predicted octanol–water partition coefficient (Wildman–Crippen LogP) is 4.77. The van der Waals surface area contributed by atoms with Crippen LogP contribution in [0.3, 0.4) is 0 Å². The van der Waals surface area contributed by atoms with Crippen molar-refractivity contribution in [1.29, 1.82) is 0 Å². The van der Waals surface area contributed by atoms with Gasteiger partial charge < -0.3 is 15.0 Å². The molecule has 2 aromatic carbocycles. The summed E-state index contributed by atoms with van der Waals surface area (Å²) in [5, 5.41) is 8.05. The van der Waals surface area contributed by atoms with Crippen molar-refractivity contribution in [1.82, 2.24) is 29.9 Å². The highest BCUT2D eigenvalue weighted by Crippen LogP contribution is 2.31. The minimum Gasteiger partial charge on any atom is -0.485 e. The highest BCUT2D eigenvalue weighted by atomic mass is 19.1. The molecule has 4 heterocycles. The molecule has 6 rings (SSSR count). The first-order chi connectivity index (χ1) is 16.6. The number of ether oxygens (including phenoxy) is 1. The number of piperidine rings is 1. The summed E-state index contributed by atoms with van der Waals surface area (Å²) in [7, 11) is 0. The summed E-state index contributed by atoms with van der Waals surface area (Å²) < 4.78 is 23.0. The molecule has 1 aliphatic rings. The van der Waals surface area contributed by atoms with Crippen molar-refractivity contribution >= 4 is 16.7 Å². The first-order valence-electron chi connectivity index (χ1n) is 11.6. The Kier molecular flexibility index (Phi) is 5.22. The fraction of sp³-hybridized carbons (Fsp3) is 0.269. The summed E-state index contributed by atoms with van der Waals surface area (Å²) in [6.45, 7) is 4.22. The van der Waals surface area contributed by atoms with Gasteiger partial charge >= 0.3 is 0 Å². The summed E-state index contributed by atoms with van der Waals surface area (Å²) in [6, 6.07) is 15.2. The molecule has 1 saturated heterocycles. The van der Waals surface area contributed by atoms with E-state index in [1.807, 2.05) is 55.6 Å². The monoisotopic (exact) mass is 456 g/mol. The number of hydrogen-bond donors (Lipinski definition) is 2. The van der Waals surface area contributed by atoms with Crippen LogP contribution in [-0.2, 0) is 6.61 Å². The fourth-order valence-electron chi connectivity index (χ4n) is 4.58. The van der Waals surface area contributed by atoms with Gasteiger partial charge in [0.05, 0.1) is 23.1 Å². The number of imidazole rings is 2. The Bertz CT molecular complexity index is 1470. The molecule has 0 aliphatic carbocycles. The molecule has 0 radical (unpaired) electrons. The molecule has 34 heavy (non-hydrogen) atoms. The Morgan fingerprint density at radius 2 is 1.91 bits per heavy atom. The molecule has 0 bridgehead atoms. The second-order valence-corrected chi connectivity index (χ2v) is 8.82. The van der Waals surface area contributed by atoms with E-state index in [9.17, 15) is 0 Å². The molecule has 0 amide bonds. The van der Waals surface area contributed by atoms with Gasteiger partial charge in [-0.3, -0.25) is 0 Å². The largest absolute Gasteiger partial charge is 0.485 e. The van der Waals surface area contributed by atoms with Crippen LogP contribution in [0.25, 0.3) is 27.9 Å². The minimum absolute atomic E-state index is 0.317. The van der Waals surface area contributed by atoms with Gasteiger partial charge in [0.25, 0.3) is 0 Å². The Morgan fingerprint density at radius 3 is 2.74 bits per heavy atom. The van der Waals surface area contributed by atoms with Gasteiger partial charge in [0.1, 0.15) is 17.9 Å². The van der Waals surface area contributed by atoms with E-state index in [1.54, 1.807) is 4.52 Å². The molecule has 0 saturated carbocycles. The van der Waals surface area contributed by atoms with Crippen LogP contribution in [0.2, 0.25) is 0 Å². The zero-order chi connectivity index (χ0) is 23.1. The lowest BCUT2D eigenvalue weighted by molar-refractivity contribution is 0.307. The van der Waals surface area contributed by atoms with Crippen molar-refractivity contribution in [3.05, 3.63) is 77.6 Å². The van der Waals surface area contributed by atoms with Crippen molar-refractivity contribution in [2.75, 3.05) is 13.1 Å². The predicted molar refractivity (Wildman–Crippen MR) is 128 cm³/mol. The number of halogens is 1. The smallest absolute Gasteiger partial charge is 0.196 e. The molecule has 0 spiro atoms. The topological polar surface area (TPSA) is 80.1 Å². The molecule has 5 aromatic rings. The van der Waals surface area contributed by atoms with E-state index in [-0.39, 0.29) is 5.82 Å². The number of aromatic nitrogens is 5. The van der Waals surface area contributed by atoms with Crippen LogP contribution >= 0.6 is 0 Å². The lowest BCUT2D eigenvalue weighted by Crippen LogP contribution is -2.27. The van der Waals surface area contributed by atoms with Gasteiger partial charge in [-0.1, -0.05) is 30.3 Å². The minimum atomic E-state index is -0.362. The number of nitrogens with one attached hydrogen (secondary N) is 2. The van der Waals surface area contributed by atoms with Gasteiger partial charge in [0, 0.05) is 17.5 Å². The number of hydrogen-bond acceptors (Lipinski definition) is 5. The SMILES string of the molecule is Cc1cn2nc(-c3cc(F)c4nc(C5CCNCC5)[nH]c4c3)cc(OCc3ccccc3)c2n1. The summed E-state index contributed by atoms with van der Waals surface area (Å²) >= 11 is 0. The number of nitrogens with zero attached hydrogens (tertiary/aromatic N) is 4. The Labute approximate surface area is 196 Å². The number of aryl methyl sites for hydroxylation is 1. The molecule has 8 heteroatoms. The van der Waals surface area contributed by atoms with Gasteiger partial charge in [-0.05, 0) is 50.6 Å². The molecule has 1 aliphatic heterocycles. The average Bonchev–Trinajstić information content (AvgIpc) is 3.47. The van der Waals surface area contributed by atoms with E-state index in [4.69, 9.17) is 9.84 Å². The first-order valence-corrected chi connectivity index (χ1v) is 11.6. The molecular formula is C26H25FN6O. The van der Waals surface area contributed by atoms with Gasteiger partial charge in [-0.25, -0.2) is 18.9 Å². The first kappa shape index (κ1) is 20.8. The van der Waals surface area contributed by atoms with Gasteiger partial charge in [0.2, 0.25) is 0 Å². The molecule has 7 nitrogen and oxygen atoms in total. The van der Waals surface area contributed by atoms with Gasteiger partial charge in [-0.2, -0.15) is 5.10 Å². The zero-order valence-corrected chi connectivity index (χ0v) is 18.9. The van der Waals surface area contributed by atoms with E-state index >= 15 is 4.39 Å². The van der Waals surface area contributed by atoms with Crippen molar-refractivity contribution in [3.63, 3.8) is 0 Å². The van der Waals surface area contributed by atoms with E-state index < -0.39 is 0 Å². The number of fused-ring (bicyclic) bond motifs is 2. The van der Waals surface area contributed by atoms with E-state index in [0.717, 1.165) is 43.0 Å². The highest BCUT2D eigenvalue weighted by molar-refractivity contribution is 5.82. The molecule has 172 valence electrons. The number of H-pyrrole nitrogens is 1. The summed E-state index contributed by atoms with van der Waals surface area (Å²) in [5.74, 6) is 1.41. The maximum absolute atomic E-state index is 15.1. The lowest BCUT2D eigenvalue weighted by atomic mass is 9.98. The maximum Gasteiger partial charge on any atom is 0.196 e. The van der Waals surface area contributed by atoms with E-state index in [2.05, 4.69) is 20.3 Å². The van der Waals surface area contributed by atoms with Gasteiger partial charge in [0.15, 0.2) is 17.2 Å². The van der Waals surface area contributed by atoms with Crippen LogP contribution < -0.4 is 10.1 Å². The van der Waals surface area contributed by atoms with E-state index in [1.165, 1.54) is 6.07 Å². The lowest BCUT2D eigenvalue weighted by Gasteiger charge is -2.20. The number of benzene rings is 2. The third kappa shape index (κ3) is 3.90. The van der Waals surface area contributed by atoms with Gasteiger partial charge in [-0.15, -0.1) is 0 Å². The standard InChI is InChI=1S/C26H25FN6O/c1-16-14-33-26(29-16)23(34-15-17-5-3-2-4-6-17)13-21(32-33)19-11-20(27)24-22(12-19)30-25(31-24)18-7-9-28-10-8-18/h2-6,11-14,18,28H,7-10,15H2,1H3,(H,30,31). The summed E-state index contributed by atoms with van der Waals surface area (Å²) in [6.07, 6.45) is 3.83. The number of aromatic amines is 1. The van der Waals surface area contributed by atoms with E-state index in [0.29, 0.717) is 46.2 Å². The van der Waals surface area contributed by atoms with Crippen molar-refractivity contribution in [3.8, 4) is 17.0 Å². The molecular weight excluding hydrogens is 431 g/mol. The third-order valence-electron chi connectivity index (χ3n) is 6.33. The second kappa shape index (κ2) is 8.53. The second-order valence-electron chi connectivity index (χ2n) is 8.82. The highest BCUT2D eigenvalue weighted by Gasteiger charge is 2.21. The Balaban J connectivity index is 1.39. The van der Waals surface area contributed by atoms with Crippen molar-refractivity contribution < 1.29 is 9.13 Å². The van der Waals surface area contributed by atoms with Crippen molar-refractivity contribution in [2.45, 2.75) is 32.3 Å². The molecule has 0 atom stereocenters. The quantitative estimate of drug-likeness (QED) is 0.398.